The summed E-state index contributed by atoms with van der Waals surface area (Å²) >= 11 is 1.85. The Morgan fingerprint density at radius 2 is 1.62 bits per heavy atom. The van der Waals surface area contributed by atoms with Gasteiger partial charge in [0.15, 0.2) is 5.76 Å². The van der Waals surface area contributed by atoms with Gasteiger partial charge in [-0.1, -0.05) is 0 Å². The predicted molar refractivity (Wildman–Crippen MR) is 85.6 cm³/mol. The van der Waals surface area contributed by atoms with Crippen LogP contribution in [0.15, 0.2) is 45.6 Å². The molecule has 106 valence electrons. The molecule has 1 aromatic heterocycles. The van der Waals surface area contributed by atoms with Gasteiger partial charge in [0, 0.05) is 17.7 Å². The summed E-state index contributed by atoms with van der Waals surface area (Å²) in [6.07, 6.45) is 0. The quantitative estimate of drug-likeness (QED) is 0.550. The van der Waals surface area contributed by atoms with E-state index in [1.165, 1.54) is 18.2 Å². The molecule has 3 N–H and O–H groups in total. The zero-order chi connectivity index (χ0) is 15.1. The van der Waals surface area contributed by atoms with E-state index < -0.39 is 0 Å². The molecule has 3 rings (SSSR count). The van der Waals surface area contributed by atoms with Crippen LogP contribution in [0.1, 0.15) is 0 Å². The Kier molecular flexibility index (Phi) is 3.25. The third-order valence-corrected chi connectivity index (χ3v) is 4.01. The van der Waals surface area contributed by atoms with Crippen molar-refractivity contribution < 1.29 is 19.7 Å². The molecule has 1 heterocycles. The fourth-order valence-corrected chi connectivity index (χ4v) is 2.75. The normalized spacial score (nSPS) is 10.9. The van der Waals surface area contributed by atoms with Gasteiger partial charge in [0.2, 0.25) is 5.43 Å². The number of hydrogen-bond donors (Lipinski definition) is 3. The molecular weight excluding hydrogens is 387 g/mol. The minimum Gasteiger partial charge on any atom is -0.508 e. The van der Waals surface area contributed by atoms with E-state index >= 15 is 0 Å². The van der Waals surface area contributed by atoms with E-state index in [1.807, 2.05) is 22.6 Å². The molecule has 0 saturated carbocycles. The Bertz CT molecular complexity index is 897. The summed E-state index contributed by atoms with van der Waals surface area (Å²) in [6.45, 7) is 0. The molecule has 0 aliphatic rings. The molecule has 0 amide bonds. The number of benzene rings is 2. The molecule has 0 aliphatic heterocycles. The Labute approximate surface area is 132 Å². The second-order valence-electron chi connectivity index (χ2n) is 4.46. The first kappa shape index (κ1) is 13.7. The van der Waals surface area contributed by atoms with E-state index in [4.69, 9.17) is 4.42 Å². The molecule has 0 radical (unpaired) electrons. The number of rotatable bonds is 1. The van der Waals surface area contributed by atoms with Crippen LogP contribution < -0.4 is 5.43 Å². The summed E-state index contributed by atoms with van der Waals surface area (Å²) in [5.41, 5.74) is 0.331. The third kappa shape index (κ3) is 2.31. The van der Waals surface area contributed by atoms with Crippen molar-refractivity contribution >= 4 is 33.6 Å². The predicted octanol–water partition coefficient (Wildman–Crippen LogP) is 3.18. The van der Waals surface area contributed by atoms with Crippen molar-refractivity contribution in [3.05, 3.63) is 50.2 Å². The van der Waals surface area contributed by atoms with Gasteiger partial charge in [-0.15, -0.1) is 0 Å². The monoisotopic (exact) mass is 396 g/mol. The van der Waals surface area contributed by atoms with Gasteiger partial charge >= 0.3 is 0 Å². The molecule has 3 aromatic rings. The van der Waals surface area contributed by atoms with Crippen molar-refractivity contribution in [3.8, 4) is 28.6 Å². The standard InChI is InChI=1S/C15H9IO5/c16-13-14(20)12-10(19)5-9(18)6-11(12)21-15(13)7-1-3-8(17)4-2-7/h1-6,17-19H. The first-order valence-electron chi connectivity index (χ1n) is 5.95. The van der Waals surface area contributed by atoms with Crippen LogP contribution in [0.2, 0.25) is 0 Å². The van der Waals surface area contributed by atoms with Crippen molar-refractivity contribution in [2.45, 2.75) is 0 Å². The van der Waals surface area contributed by atoms with Crippen LogP contribution in [-0.2, 0) is 0 Å². The lowest BCUT2D eigenvalue weighted by atomic mass is 10.1. The van der Waals surface area contributed by atoms with Gasteiger partial charge in [0.25, 0.3) is 0 Å². The zero-order valence-corrected chi connectivity index (χ0v) is 12.7. The zero-order valence-electron chi connectivity index (χ0n) is 10.5. The van der Waals surface area contributed by atoms with Crippen LogP contribution in [0.3, 0.4) is 0 Å². The van der Waals surface area contributed by atoms with Gasteiger partial charge in [-0.3, -0.25) is 4.79 Å². The van der Waals surface area contributed by atoms with Gasteiger partial charge in [-0.2, -0.15) is 0 Å². The van der Waals surface area contributed by atoms with E-state index in [0.29, 0.717) is 14.9 Å². The molecule has 2 aromatic carbocycles. The fraction of sp³-hybridized carbons (Fsp3) is 0. The largest absolute Gasteiger partial charge is 0.508 e. The maximum Gasteiger partial charge on any atom is 0.210 e. The maximum absolute atomic E-state index is 12.4. The molecule has 0 spiro atoms. The van der Waals surface area contributed by atoms with Gasteiger partial charge in [0.1, 0.15) is 31.8 Å². The highest BCUT2D eigenvalue weighted by Gasteiger charge is 2.17. The van der Waals surface area contributed by atoms with E-state index in [0.717, 1.165) is 6.07 Å². The van der Waals surface area contributed by atoms with Gasteiger partial charge in [-0.25, -0.2) is 0 Å². The van der Waals surface area contributed by atoms with Gasteiger partial charge in [-0.05, 0) is 46.9 Å². The number of aromatic hydroxyl groups is 3. The van der Waals surface area contributed by atoms with Crippen LogP contribution in [-0.4, -0.2) is 15.3 Å². The van der Waals surface area contributed by atoms with Crippen LogP contribution >= 0.6 is 22.6 Å². The molecule has 0 bridgehead atoms. The minimum atomic E-state index is -0.377. The lowest BCUT2D eigenvalue weighted by Crippen LogP contribution is -2.07. The molecule has 5 nitrogen and oxygen atoms in total. The second-order valence-corrected chi connectivity index (χ2v) is 5.54. The average Bonchev–Trinajstić information content (AvgIpc) is 2.43. The molecule has 0 atom stereocenters. The van der Waals surface area contributed by atoms with E-state index in [2.05, 4.69) is 0 Å². The van der Waals surface area contributed by atoms with Crippen LogP contribution in [0.4, 0.5) is 0 Å². The highest BCUT2D eigenvalue weighted by molar-refractivity contribution is 14.1. The lowest BCUT2D eigenvalue weighted by Gasteiger charge is -2.07. The molecule has 21 heavy (non-hydrogen) atoms. The number of halogens is 1. The maximum atomic E-state index is 12.4. The lowest BCUT2D eigenvalue weighted by molar-refractivity contribution is 0.452. The average molecular weight is 396 g/mol. The minimum absolute atomic E-state index is 0.0275. The third-order valence-electron chi connectivity index (χ3n) is 3.03. The van der Waals surface area contributed by atoms with E-state index in [9.17, 15) is 20.1 Å². The van der Waals surface area contributed by atoms with Crippen molar-refractivity contribution in [3.63, 3.8) is 0 Å². The molecule has 0 aliphatic carbocycles. The summed E-state index contributed by atoms with van der Waals surface area (Å²) < 4.78 is 5.96. The first-order valence-corrected chi connectivity index (χ1v) is 7.03. The van der Waals surface area contributed by atoms with E-state index in [-0.39, 0.29) is 33.6 Å². The van der Waals surface area contributed by atoms with Crippen molar-refractivity contribution in [2.24, 2.45) is 0 Å². The Morgan fingerprint density at radius 1 is 0.952 bits per heavy atom. The Hall–Kier alpha value is -2.22. The summed E-state index contributed by atoms with van der Waals surface area (Å²) in [6, 6.07) is 8.56. The number of phenolic OH excluding ortho intramolecular Hbond substituents is 3. The number of phenols is 3. The van der Waals surface area contributed by atoms with Crippen molar-refractivity contribution in [1.82, 2.24) is 0 Å². The number of fused-ring (bicyclic) bond motifs is 1. The van der Waals surface area contributed by atoms with Crippen LogP contribution in [0.5, 0.6) is 17.2 Å². The first-order chi connectivity index (χ1) is 9.97. The van der Waals surface area contributed by atoms with Crippen LogP contribution in [0, 0.1) is 3.57 Å². The fourth-order valence-electron chi connectivity index (χ4n) is 2.06. The molecule has 0 saturated heterocycles. The summed E-state index contributed by atoms with van der Waals surface area (Å²) in [5, 5.41) is 28.7. The molecule has 0 fully saturated rings. The highest BCUT2D eigenvalue weighted by Crippen LogP contribution is 2.33. The van der Waals surface area contributed by atoms with Gasteiger partial charge in [0.05, 0.1) is 0 Å². The van der Waals surface area contributed by atoms with E-state index in [1.54, 1.807) is 12.1 Å². The summed E-state index contributed by atoms with van der Waals surface area (Å²) in [7, 11) is 0. The number of hydrogen-bond acceptors (Lipinski definition) is 5. The van der Waals surface area contributed by atoms with Gasteiger partial charge < -0.3 is 19.7 Å². The highest BCUT2D eigenvalue weighted by atomic mass is 127. The smallest absolute Gasteiger partial charge is 0.210 e. The molecule has 0 unspecified atom stereocenters. The molecular formula is C15H9IO5. The summed E-state index contributed by atoms with van der Waals surface area (Å²) in [4.78, 5) is 12.4. The topological polar surface area (TPSA) is 90.9 Å². The second kappa shape index (κ2) is 4.96. The Balaban J connectivity index is 2.37. The van der Waals surface area contributed by atoms with Crippen LogP contribution in [0.25, 0.3) is 22.3 Å². The SMILES string of the molecule is O=c1c(I)c(-c2ccc(O)cc2)oc2cc(O)cc(O)c12. The summed E-state index contributed by atoms with van der Waals surface area (Å²) in [5.74, 6) is -0.0970. The Morgan fingerprint density at radius 3 is 2.29 bits per heavy atom. The van der Waals surface area contributed by atoms with Crippen molar-refractivity contribution in [2.75, 3.05) is 0 Å². The van der Waals surface area contributed by atoms with Crippen molar-refractivity contribution in [1.29, 1.82) is 0 Å². The molecule has 6 heteroatoms.